The Hall–Kier alpha value is -2.64. The molecule has 1 unspecified atom stereocenters. The number of benzene rings is 1. The maximum absolute atomic E-state index is 12.4. The minimum atomic E-state index is -0.171. The number of carbonyl (C=O) groups excluding carboxylic acids is 1. The van der Waals surface area contributed by atoms with Gasteiger partial charge in [0.2, 0.25) is 0 Å². The zero-order valence-electron chi connectivity index (χ0n) is 11.8. The second kappa shape index (κ2) is 7.22. The van der Waals surface area contributed by atoms with Gasteiger partial charge in [-0.2, -0.15) is 0 Å². The van der Waals surface area contributed by atoms with Crippen molar-refractivity contribution in [2.45, 2.75) is 13.0 Å². The molecule has 0 fully saturated rings. The highest BCUT2D eigenvalue weighted by Crippen LogP contribution is 2.13. The summed E-state index contributed by atoms with van der Waals surface area (Å²) in [5.41, 5.74) is 7.51. The molecule has 1 aromatic carbocycles. The summed E-state index contributed by atoms with van der Waals surface area (Å²) in [7, 11) is 0. The van der Waals surface area contributed by atoms with Crippen molar-refractivity contribution in [2.75, 3.05) is 6.54 Å². The van der Waals surface area contributed by atoms with Crippen LogP contribution in [0.2, 0.25) is 0 Å². The van der Waals surface area contributed by atoms with Gasteiger partial charge in [-0.15, -0.1) is 0 Å². The summed E-state index contributed by atoms with van der Waals surface area (Å²) >= 11 is 0. The van der Waals surface area contributed by atoms with Crippen LogP contribution in [0.3, 0.4) is 0 Å². The maximum Gasteiger partial charge on any atom is 0.253 e. The number of nitrogens with one attached hydrogen (secondary N) is 1. The zero-order chi connectivity index (χ0) is 15.1. The first-order valence-electron chi connectivity index (χ1n) is 6.71. The Morgan fingerprint density at radius 2 is 2.10 bits per heavy atom. The van der Waals surface area contributed by atoms with Crippen LogP contribution < -0.4 is 11.1 Å². The van der Waals surface area contributed by atoms with Crippen molar-refractivity contribution in [1.29, 1.82) is 0 Å². The molecule has 1 amide bonds. The first-order chi connectivity index (χ1) is 10.2. The van der Waals surface area contributed by atoms with Crippen molar-refractivity contribution >= 4 is 5.91 Å². The fraction of sp³-hybridized carbons (Fsp3) is 0.176. The number of carbonyl (C=O) groups is 1. The molecule has 0 spiro atoms. The number of aromatic nitrogens is 1. The predicted octanol–water partition coefficient (Wildman–Crippen LogP) is 1.88. The molecule has 1 heterocycles. The maximum atomic E-state index is 12.4. The van der Waals surface area contributed by atoms with E-state index in [9.17, 15) is 4.79 Å². The number of nitrogens with two attached hydrogens (primary N) is 1. The van der Waals surface area contributed by atoms with Gasteiger partial charge in [0.15, 0.2) is 0 Å². The van der Waals surface area contributed by atoms with Crippen LogP contribution in [-0.4, -0.2) is 17.4 Å². The summed E-state index contributed by atoms with van der Waals surface area (Å²) in [4.78, 5) is 16.4. The topological polar surface area (TPSA) is 68.0 Å². The number of amides is 1. The number of pyridine rings is 1. The monoisotopic (exact) mass is 279 g/mol. The first-order valence-corrected chi connectivity index (χ1v) is 6.71. The molecule has 2 rings (SSSR count). The Labute approximate surface area is 124 Å². The van der Waals surface area contributed by atoms with E-state index in [4.69, 9.17) is 5.73 Å². The van der Waals surface area contributed by atoms with Gasteiger partial charge in [0, 0.05) is 12.4 Å². The van der Waals surface area contributed by atoms with E-state index >= 15 is 0 Å². The molecule has 1 aromatic heterocycles. The molecular formula is C17H17N3O. The normalized spacial score (nSPS) is 11.1. The van der Waals surface area contributed by atoms with Gasteiger partial charge < -0.3 is 11.1 Å². The van der Waals surface area contributed by atoms with Gasteiger partial charge in [-0.25, -0.2) is 0 Å². The lowest BCUT2D eigenvalue weighted by Gasteiger charge is -2.14. The Balaban J connectivity index is 2.17. The summed E-state index contributed by atoms with van der Waals surface area (Å²) in [5, 5.41) is 2.96. The molecule has 1 atom stereocenters. The van der Waals surface area contributed by atoms with Crippen molar-refractivity contribution in [3.63, 3.8) is 0 Å². The highest BCUT2D eigenvalue weighted by molar-refractivity contribution is 5.96. The van der Waals surface area contributed by atoms with Crippen LogP contribution in [0.15, 0.2) is 48.8 Å². The second-order valence-corrected chi connectivity index (χ2v) is 4.53. The van der Waals surface area contributed by atoms with E-state index in [2.05, 4.69) is 22.1 Å². The minimum absolute atomic E-state index is 0.0813. The highest BCUT2D eigenvalue weighted by atomic mass is 16.1. The molecule has 0 aliphatic carbocycles. The summed E-state index contributed by atoms with van der Waals surface area (Å²) in [6.45, 7) is 2.19. The molecule has 21 heavy (non-hydrogen) atoms. The lowest BCUT2D eigenvalue weighted by molar-refractivity contribution is 0.0939. The van der Waals surface area contributed by atoms with E-state index in [0.29, 0.717) is 11.1 Å². The fourth-order valence-electron chi connectivity index (χ4n) is 1.94. The average molecular weight is 279 g/mol. The Kier molecular flexibility index (Phi) is 5.08. The number of rotatable bonds is 3. The molecule has 0 aliphatic heterocycles. The lowest BCUT2D eigenvalue weighted by Crippen LogP contribution is -2.27. The molecule has 2 aromatic rings. The van der Waals surface area contributed by atoms with Gasteiger partial charge in [0.05, 0.1) is 23.7 Å². The summed E-state index contributed by atoms with van der Waals surface area (Å²) in [6, 6.07) is 11.4. The Morgan fingerprint density at radius 1 is 1.33 bits per heavy atom. The third-order valence-electron chi connectivity index (χ3n) is 3.04. The number of hydrogen-bond acceptors (Lipinski definition) is 3. The minimum Gasteiger partial charge on any atom is -0.345 e. The molecule has 3 N–H and O–H groups in total. The van der Waals surface area contributed by atoms with Crippen LogP contribution in [0, 0.1) is 11.8 Å². The second-order valence-electron chi connectivity index (χ2n) is 4.53. The van der Waals surface area contributed by atoms with E-state index in [-0.39, 0.29) is 18.5 Å². The molecule has 0 radical (unpaired) electrons. The smallest absolute Gasteiger partial charge is 0.253 e. The van der Waals surface area contributed by atoms with Crippen molar-refractivity contribution in [3.05, 3.63) is 65.5 Å². The fourth-order valence-corrected chi connectivity index (χ4v) is 1.94. The van der Waals surface area contributed by atoms with E-state index in [1.54, 1.807) is 18.5 Å². The molecular weight excluding hydrogens is 262 g/mol. The molecule has 0 aliphatic rings. The van der Waals surface area contributed by atoms with Gasteiger partial charge in [-0.1, -0.05) is 42.2 Å². The van der Waals surface area contributed by atoms with Crippen molar-refractivity contribution in [1.82, 2.24) is 10.3 Å². The highest BCUT2D eigenvalue weighted by Gasteiger charge is 2.13. The van der Waals surface area contributed by atoms with E-state index in [0.717, 1.165) is 5.56 Å². The lowest BCUT2D eigenvalue weighted by atomic mass is 10.1. The van der Waals surface area contributed by atoms with Gasteiger partial charge in [0.1, 0.15) is 0 Å². The van der Waals surface area contributed by atoms with E-state index < -0.39 is 0 Å². The summed E-state index contributed by atoms with van der Waals surface area (Å²) < 4.78 is 0. The van der Waals surface area contributed by atoms with Crippen LogP contribution in [0.4, 0.5) is 0 Å². The number of nitrogens with zero attached hydrogens (tertiary/aromatic N) is 1. The molecule has 0 bridgehead atoms. The third-order valence-corrected chi connectivity index (χ3v) is 3.04. The van der Waals surface area contributed by atoms with Crippen molar-refractivity contribution in [2.24, 2.45) is 5.73 Å². The predicted molar refractivity (Wildman–Crippen MR) is 82.5 cm³/mol. The van der Waals surface area contributed by atoms with Crippen LogP contribution in [0.25, 0.3) is 0 Å². The molecule has 106 valence electrons. The van der Waals surface area contributed by atoms with Gasteiger partial charge >= 0.3 is 0 Å². The average Bonchev–Trinajstić information content (AvgIpc) is 2.54. The zero-order valence-corrected chi connectivity index (χ0v) is 11.8. The van der Waals surface area contributed by atoms with Crippen LogP contribution >= 0.6 is 0 Å². The van der Waals surface area contributed by atoms with Crippen LogP contribution in [0.5, 0.6) is 0 Å². The van der Waals surface area contributed by atoms with Gasteiger partial charge in [0.25, 0.3) is 5.91 Å². The third kappa shape index (κ3) is 3.91. The van der Waals surface area contributed by atoms with Crippen molar-refractivity contribution in [3.8, 4) is 11.8 Å². The molecule has 0 saturated carbocycles. The van der Waals surface area contributed by atoms with E-state index in [1.807, 2.05) is 37.3 Å². The molecule has 4 nitrogen and oxygen atoms in total. The first kappa shape index (κ1) is 14.8. The molecule has 0 saturated heterocycles. The van der Waals surface area contributed by atoms with Crippen molar-refractivity contribution < 1.29 is 4.79 Å². The largest absolute Gasteiger partial charge is 0.345 e. The Morgan fingerprint density at radius 3 is 2.81 bits per heavy atom. The van der Waals surface area contributed by atoms with E-state index in [1.165, 1.54) is 0 Å². The standard InChI is InChI=1S/C17H17N3O/c1-13(14-6-3-2-4-7-14)20-17(21)16-9-11-19-12-15(16)8-5-10-18/h2-4,6-7,9,11-13H,10,18H2,1H3,(H,20,21). The molecule has 4 heteroatoms. The van der Waals surface area contributed by atoms with Gasteiger partial charge in [-0.3, -0.25) is 9.78 Å². The number of hydrogen-bond donors (Lipinski definition) is 2. The SMILES string of the molecule is CC(NC(=O)c1ccncc1C#CCN)c1ccccc1. The Bertz CT molecular complexity index is 671. The van der Waals surface area contributed by atoms with Crippen LogP contribution in [0.1, 0.15) is 34.5 Å². The summed E-state index contributed by atoms with van der Waals surface area (Å²) in [6.07, 6.45) is 3.15. The summed E-state index contributed by atoms with van der Waals surface area (Å²) in [5.74, 6) is 5.44. The van der Waals surface area contributed by atoms with Crippen LogP contribution in [-0.2, 0) is 0 Å². The quantitative estimate of drug-likeness (QED) is 0.843. The van der Waals surface area contributed by atoms with Gasteiger partial charge in [-0.05, 0) is 18.6 Å².